The fraction of sp³-hybridized carbons (Fsp3) is 0.750. The van der Waals surface area contributed by atoms with Crippen molar-refractivity contribution in [2.24, 2.45) is 5.92 Å². The van der Waals surface area contributed by atoms with E-state index >= 15 is 0 Å². The van der Waals surface area contributed by atoms with Gasteiger partial charge in [0.25, 0.3) is 0 Å². The van der Waals surface area contributed by atoms with E-state index < -0.39 is 18.3 Å². The molecule has 2 heterocycles. The molecule has 43 heavy (non-hydrogen) atoms. The summed E-state index contributed by atoms with van der Waals surface area (Å²) in [5.74, 6) is 1.07. The third-order valence-corrected chi connectivity index (χ3v) is 8.45. The van der Waals surface area contributed by atoms with Crippen molar-refractivity contribution in [1.82, 2.24) is 19.6 Å². The number of aliphatic hydroxyl groups excluding tert-OH is 2. The molecule has 244 valence electrons. The molecule has 0 aliphatic carbocycles. The van der Waals surface area contributed by atoms with E-state index in [-0.39, 0.29) is 31.0 Å². The molecule has 3 rings (SSSR count). The van der Waals surface area contributed by atoms with Gasteiger partial charge in [0.15, 0.2) is 0 Å². The molecule has 11 nitrogen and oxygen atoms in total. The van der Waals surface area contributed by atoms with E-state index in [1.807, 2.05) is 17.0 Å². The van der Waals surface area contributed by atoms with Crippen molar-refractivity contribution in [2.75, 3.05) is 79.8 Å². The Morgan fingerprint density at radius 1 is 1.02 bits per heavy atom. The third-order valence-electron chi connectivity index (χ3n) is 8.45. The Bertz CT molecular complexity index is 988. The molecule has 1 aromatic carbocycles. The summed E-state index contributed by atoms with van der Waals surface area (Å²) in [6, 6.07) is 7.96. The molecule has 1 aromatic rings. The highest BCUT2D eigenvalue weighted by atomic mass is 16.5. The fourth-order valence-corrected chi connectivity index (χ4v) is 5.93. The minimum Gasteiger partial charge on any atom is -0.497 e. The van der Waals surface area contributed by atoms with Crippen LogP contribution in [-0.4, -0.2) is 146 Å². The van der Waals surface area contributed by atoms with E-state index in [2.05, 4.69) is 35.8 Å². The predicted octanol–water partition coefficient (Wildman–Crippen LogP) is 1.45. The molecular formula is C32H54N4O7. The van der Waals surface area contributed by atoms with Crippen molar-refractivity contribution in [3.8, 4) is 5.75 Å². The Hall–Kier alpha value is -2.28. The maximum absolute atomic E-state index is 14.0. The molecule has 2 N–H and O–H groups in total. The highest BCUT2D eigenvalue weighted by Gasteiger charge is 2.33. The van der Waals surface area contributed by atoms with Crippen LogP contribution in [0, 0.1) is 5.92 Å². The summed E-state index contributed by atoms with van der Waals surface area (Å²) >= 11 is 0. The van der Waals surface area contributed by atoms with Gasteiger partial charge in [0.1, 0.15) is 24.1 Å². The van der Waals surface area contributed by atoms with Gasteiger partial charge in [-0.3, -0.25) is 19.4 Å². The molecule has 4 atom stereocenters. The van der Waals surface area contributed by atoms with Gasteiger partial charge in [-0.2, -0.15) is 0 Å². The average Bonchev–Trinajstić information content (AvgIpc) is 2.98. The van der Waals surface area contributed by atoms with Gasteiger partial charge in [0, 0.05) is 79.0 Å². The normalized spacial score (nSPS) is 25.9. The van der Waals surface area contributed by atoms with Crippen LogP contribution in [0.2, 0.25) is 0 Å². The molecule has 0 radical (unpaired) electrons. The quantitative estimate of drug-likeness (QED) is 0.454. The number of hydrogen-bond acceptors (Lipinski definition) is 9. The second-order valence-electron chi connectivity index (χ2n) is 12.3. The van der Waals surface area contributed by atoms with E-state index in [1.165, 1.54) is 19.6 Å². The zero-order valence-corrected chi connectivity index (χ0v) is 26.8. The van der Waals surface area contributed by atoms with Crippen LogP contribution in [0.3, 0.4) is 0 Å². The van der Waals surface area contributed by atoms with Gasteiger partial charge >= 0.3 is 0 Å². The molecular weight excluding hydrogens is 552 g/mol. The SMILES string of the molecule is COc1cccc(CN2CCN(CC(=O)N3CCCCOC[C@@H](O)[C@@H](O)[C@H](OC)CN(C(C)=O)C[C@@H]3CC(C)C)CC2)c1. The first-order valence-electron chi connectivity index (χ1n) is 15.7. The summed E-state index contributed by atoms with van der Waals surface area (Å²) in [5, 5.41) is 21.2. The maximum Gasteiger partial charge on any atom is 0.237 e. The first kappa shape index (κ1) is 35.2. The number of aliphatic hydroxyl groups is 2. The molecule has 2 aliphatic heterocycles. The molecule has 0 unspecified atom stereocenters. The summed E-state index contributed by atoms with van der Waals surface area (Å²) < 4.78 is 16.5. The Labute approximate surface area is 257 Å². The van der Waals surface area contributed by atoms with E-state index in [4.69, 9.17) is 14.2 Å². The molecule has 2 aliphatic rings. The Kier molecular flexibility index (Phi) is 14.6. The van der Waals surface area contributed by atoms with Gasteiger partial charge in [0.05, 0.1) is 20.3 Å². The number of nitrogens with zero attached hydrogens (tertiary/aromatic N) is 4. The number of hydrogen-bond donors (Lipinski definition) is 2. The number of ether oxygens (including phenoxy) is 3. The molecule has 2 fully saturated rings. The second-order valence-corrected chi connectivity index (χ2v) is 12.3. The van der Waals surface area contributed by atoms with Crippen LogP contribution in [-0.2, 0) is 25.6 Å². The third kappa shape index (κ3) is 11.3. The van der Waals surface area contributed by atoms with Crippen LogP contribution in [0.25, 0.3) is 0 Å². The Balaban J connectivity index is 1.70. The summed E-state index contributed by atoms with van der Waals surface area (Å²) in [6.07, 6.45) is -0.922. The smallest absolute Gasteiger partial charge is 0.237 e. The molecule has 0 spiro atoms. The Morgan fingerprint density at radius 2 is 1.74 bits per heavy atom. The van der Waals surface area contributed by atoms with E-state index in [9.17, 15) is 19.8 Å². The first-order chi connectivity index (χ1) is 20.6. The van der Waals surface area contributed by atoms with Crippen LogP contribution in [0.5, 0.6) is 5.75 Å². The lowest BCUT2D eigenvalue weighted by Crippen LogP contribution is -2.55. The molecule has 0 bridgehead atoms. The number of carbonyl (C=O) groups is 2. The van der Waals surface area contributed by atoms with Gasteiger partial charge in [-0.15, -0.1) is 0 Å². The van der Waals surface area contributed by atoms with Gasteiger partial charge in [-0.1, -0.05) is 26.0 Å². The van der Waals surface area contributed by atoms with Gasteiger partial charge in [-0.25, -0.2) is 0 Å². The van der Waals surface area contributed by atoms with Crippen LogP contribution in [0.15, 0.2) is 24.3 Å². The number of methoxy groups -OCH3 is 2. The van der Waals surface area contributed by atoms with Crippen molar-refractivity contribution in [2.45, 2.75) is 70.9 Å². The molecule has 2 amide bonds. The highest BCUT2D eigenvalue weighted by Crippen LogP contribution is 2.19. The van der Waals surface area contributed by atoms with E-state index in [0.29, 0.717) is 38.6 Å². The monoisotopic (exact) mass is 606 g/mol. The minimum absolute atomic E-state index is 0.0243. The van der Waals surface area contributed by atoms with Crippen molar-refractivity contribution >= 4 is 11.8 Å². The van der Waals surface area contributed by atoms with E-state index in [1.54, 1.807) is 12.0 Å². The van der Waals surface area contributed by atoms with Crippen molar-refractivity contribution < 1.29 is 34.0 Å². The molecule has 2 saturated heterocycles. The second kappa shape index (κ2) is 17.9. The van der Waals surface area contributed by atoms with Crippen molar-refractivity contribution in [1.29, 1.82) is 0 Å². The number of piperazine rings is 1. The summed E-state index contributed by atoms with van der Waals surface area (Å²) in [7, 11) is 3.14. The zero-order valence-electron chi connectivity index (χ0n) is 26.8. The summed E-state index contributed by atoms with van der Waals surface area (Å²) in [4.78, 5) is 35.0. The first-order valence-corrected chi connectivity index (χ1v) is 15.7. The summed E-state index contributed by atoms with van der Waals surface area (Å²) in [6.45, 7) is 11.7. The standard InChI is InChI=1S/C32H54N4O7/c1-24(2)17-27-20-35(25(3)37)21-30(42-5)32(40)29(38)23-43-16-7-6-11-36(27)31(39)22-34-14-12-33(13-15-34)19-26-9-8-10-28(18-26)41-4/h8-10,18,24,27,29-30,32,38,40H,6-7,11-17,19-23H2,1-5H3/t27-,29+,30+,32+/m0/s1. The van der Waals surface area contributed by atoms with Crippen LogP contribution in [0.1, 0.15) is 45.6 Å². The average molecular weight is 607 g/mol. The summed E-state index contributed by atoms with van der Waals surface area (Å²) in [5.41, 5.74) is 1.21. The van der Waals surface area contributed by atoms with Crippen LogP contribution < -0.4 is 4.74 Å². The number of amides is 2. The topological polar surface area (TPSA) is 115 Å². The van der Waals surface area contributed by atoms with Gasteiger partial charge in [0.2, 0.25) is 11.8 Å². The number of benzene rings is 1. The zero-order chi connectivity index (χ0) is 31.4. The van der Waals surface area contributed by atoms with Crippen molar-refractivity contribution in [3.63, 3.8) is 0 Å². The highest BCUT2D eigenvalue weighted by molar-refractivity contribution is 5.79. The van der Waals surface area contributed by atoms with Crippen LogP contribution in [0.4, 0.5) is 0 Å². The lowest BCUT2D eigenvalue weighted by atomic mass is 10.00. The Morgan fingerprint density at radius 3 is 2.40 bits per heavy atom. The number of carbonyl (C=O) groups excluding carboxylic acids is 2. The maximum atomic E-state index is 14.0. The van der Waals surface area contributed by atoms with E-state index in [0.717, 1.165) is 51.3 Å². The minimum atomic E-state index is -1.21. The molecule has 0 aromatic heterocycles. The lowest BCUT2D eigenvalue weighted by Gasteiger charge is -2.40. The predicted molar refractivity (Wildman–Crippen MR) is 165 cm³/mol. The fourth-order valence-electron chi connectivity index (χ4n) is 5.93. The van der Waals surface area contributed by atoms with Crippen LogP contribution >= 0.6 is 0 Å². The van der Waals surface area contributed by atoms with Gasteiger partial charge in [-0.05, 0) is 42.9 Å². The molecule has 11 heteroatoms. The number of rotatable bonds is 8. The largest absolute Gasteiger partial charge is 0.497 e. The lowest BCUT2D eigenvalue weighted by molar-refractivity contribution is -0.143. The van der Waals surface area contributed by atoms with Crippen molar-refractivity contribution in [3.05, 3.63) is 29.8 Å². The molecule has 0 saturated carbocycles. The van der Waals surface area contributed by atoms with Gasteiger partial charge < -0.3 is 34.2 Å².